The summed E-state index contributed by atoms with van der Waals surface area (Å²) >= 11 is 0. The number of nitrogens with two attached hydrogens (primary N) is 1. The minimum Gasteiger partial charge on any atom is -0.383 e. The Labute approximate surface area is 151 Å². The van der Waals surface area contributed by atoms with Crippen LogP contribution in [0.1, 0.15) is 6.92 Å². The van der Waals surface area contributed by atoms with Gasteiger partial charge >= 0.3 is 0 Å². The topological polar surface area (TPSA) is 105 Å². The van der Waals surface area contributed by atoms with Gasteiger partial charge in [0.1, 0.15) is 17.0 Å². The summed E-state index contributed by atoms with van der Waals surface area (Å²) in [7, 11) is 0. The standard InChI is InChI=1S/C18H23N7O/c1-12(19)11-21-15-10-16(25-6-8-26-9-7-25)23-17-13(15)2-4-20-18(17)14-3-5-22-24-14/h2-5,10,12H,6-9,11,19H2,1H3,(H,21,23)(H,22,24). The molecule has 8 heteroatoms. The third kappa shape index (κ3) is 3.33. The number of aromatic nitrogens is 4. The molecule has 1 unspecified atom stereocenters. The van der Waals surface area contributed by atoms with E-state index in [0.29, 0.717) is 19.8 Å². The molecule has 0 bridgehead atoms. The number of H-pyrrole nitrogens is 1. The molecule has 0 aromatic carbocycles. The van der Waals surface area contributed by atoms with Crippen molar-refractivity contribution in [2.75, 3.05) is 43.1 Å². The Bertz CT molecular complexity index is 873. The Hall–Kier alpha value is -2.71. The number of nitrogens with zero attached hydrogens (tertiary/aromatic N) is 4. The molecule has 1 atom stereocenters. The van der Waals surface area contributed by atoms with Crippen LogP contribution in [0.25, 0.3) is 22.3 Å². The average molecular weight is 353 g/mol. The Morgan fingerprint density at radius 3 is 2.88 bits per heavy atom. The highest BCUT2D eigenvalue weighted by atomic mass is 16.5. The number of rotatable bonds is 5. The second-order valence-electron chi connectivity index (χ2n) is 6.51. The van der Waals surface area contributed by atoms with Crippen LogP contribution >= 0.6 is 0 Å². The van der Waals surface area contributed by atoms with E-state index in [1.807, 2.05) is 19.1 Å². The van der Waals surface area contributed by atoms with Gasteiger partial charge in [0.05, 0.1) is 18.9 Å². The van der Waals surface area contributed by atoms with E-state index in [-0.39, 0.29) is 6.04 Å². The summed E-state index contributed by atoms with van der Waals surface area (Å²) in [6.07, 6.45) is 3.52. The van der Waals surface area contributed by atoms with Crippen LogP contribution < -0.4 is 16.0 Å². The molecule has 3 aromatic heterocycles. The van der Waals surface area contributed by atoms with E-state index >= 15 is 0 Å². The van der Waals surface area contributed by atoms with Crippen LogP contribution in [0.3, 0.4) is 0 Å². The van der Waals surface area contributed by atoms with Gasteiger partial charge in [0.15, 0.2) is 0 Å². The van der Waals surface area contributed by atoms with Crippen molar-refractivity contribution in [2.45, 2.75) is 13.0 Å². The molecule has 8 nitrogen and oxygen atoms in total. The minimum absolute atomic E-state index is 0.0546. The van der Waals surface area contributed by atoms with Gasteiger partial charge < -0.3 is 20.7 Å². The summed E-state index contributed by atoms with van der Waals surface area (Å²) in [6, 6.07) is 6.03. The zero-order valence-electron chi connectivity index (χ0n) is 14.8. The predicted molar refractivity (Wildman–Crippen MR) is 102 cm³/mol. The van der Waals surface area contributed by atoms with Crippen LogP contribution in [0, 0.1) is 0 Å². The van der Waals surface area contributed by atoms with E-state index in [9.17, 15) is 0 Å². The van der Waals surface area contributed by atoms with Crippen molar-refractivity contribution in [3.8, 4) is 11.4 Å². The van der Waals surface area contributed by atoms with Gasteiger partial charge in [0.2, 0.25) is 0 Å². The maximum absolute atomic E-state index is 5.94. The lowest BCUT2D eigenvalue weighted by Gasteiger charge is -2.28. The van der Waals surface area contributed by atoms with Crippen LogP contribution in [0.4, 0.5) is 11.5 Å². The summed E-state index contributed by atoms with van der Waals surface area (Å²) < 4.78 is 5.47. The molecule has 136 valence electrons. The molecule has 1 fully saturated rings. The molecule has 4 rings (SSSR count). The third-order valence-corrected chi connectivity index (χ3v) is 4.42. The van der Waals surface area contributed by atoms with Gasteiger partial charge in [-0.05, 0) is 19.1 Å². The first-order valence-electron chi connectivity index (χ1n) is 8.84. The number of hydrogen-bond donors (Lipinski definition) is 3. The van der Waals surface area contributed by atoms with E-state index < -0.39 is 0 Å². The normalized spacial score (nSPS) is 16.0. The lowest BCUT2D eigenvalue weighted by atomic mass is 10.1. The molecule has 4 heterocycles. The summed E-state index contributed by atoms with van der Waals surface area (Å²) in [5.74, 6) is 0.918. The molecule has 3 aromatic rings. The molecule has 0 spiro atoms. The largest absolute Gasteiger partial charge is 0.383 e. The molecule has 1 aliphatic heterocycles. The van der Waals surface area contributed by atoms with Crippen LogP contribution in [0.5, 0.6) is 0 Å². The SMILES string of the molecule is CC(N)CNc1cc(N2CCOCC2)nc2c(-c3ccn[nH]3)nccc12. The molecule has 1 aliphatic rings. The quantitative estimate of drug-likeness (QED) is 0.640. The number of anilines is 2. The molecule has 0 radical (unpaired) electrons. The summed E-state index contributed by atoms with van der Waals surface area (Å²) in [5.41, 5.74) is 9.43. The smallest absolute Gasteiger partial charge is 0.131 e. The van der Waals surface area contributed by atoms with E-state index in [0.717, 1.165) is 46.9 Å². The van der Waals surface area contributed by atoms with Crippen molar-refractivity contribution >= 4 is 22.4 Å². The molecule has 0 saturated carbocycles. The van der Waals surface area contributed by atoms with Crippen LogP contribution in [0.2, 0.25) is 0 Å². The van der Waals surface area contributed by atoms with Crippen molar-refractivity contribution in [2.24, 2.45) is 5.73 Å². The average Bonchev–Trinajstić information content (AvgIpc) is 3.20. The minimum atomic E-state index is 0.0546. The second-order valence-corrected chi connectivity index (χ2v) is 6.51. The lowest BCUT2D eigenvalue weighted by Crippen LogP contribution is -2.36. The lowest BCUT2D eigenvalue weighted by molar-refractivity contribution is 0.122. The number of fused-ring (bicyclic) bond motifs is 1. The van der Waals surface area contributed by atoms with Gasteiger partial charge in [-0.15, -0.1) is 0 Å². The highest BCUT2D eigenvalue weighted by Crippen LogP contribution is 2.32. The van der Waals surface area contributed by atoms with Gasteiger partial charge in [0, 0.05) is 55.2 Å². The molecular formula is C18H23N7O. The van der Waals surface area contributed by atoms with Crippen molar-refractivity contribution in [3.05, 3.63) is 30.6 Å². The first-order valence-corrected chi connectivity index (χ1v) is 8.84. The summed E-state index contributed by atoms with van der Waals surface area (Å²) in [6.45, 7) is 5.74. The maximum Gasteiger partial charge on any atom is 0.131 e. The number of ether oxygens (including phenoxy) is 1. The van der Waals surface area contributed by atoms with Gasteiger partial charge in [0.25, 0.3) is 0 Å². The van der Waals surface area contributed by atoms with E-state index in [1.165, 1.54) is 0 Å². The Balaban J connectivity index is 1.85. The zero-order chi connectivity index (χ0) is 17.9. The number of aromatic amines is 1. The van der Waals surface area contributed by atoms with Gasteiger partial charge in [-0.3, -0.25) is 10.1 Å². The zero-order valence-corrected chi connectivity index (χ0v) is 14.8. The van der Waals surface area contributed by atoms with Crippen molar-refractivity contribution in [3.63, 3.8) is 0 Å². The Morgan fingerprint density at radius 2 is 2.15 bits per heavy atom. The van der Waals surface area contributed by atoms with Gasteiger partial charge in [-0.1, -0.05) is 0 Å². The number of nitrogens with one attached hydrogen (secondary N) is 2. The maximum atomic E-state index is 5.94. The fraction of sp³-hybridized carbons (Fsp3) is 0.389. The highest BCUT2D eigenvalue weighted by molar-refractivity contribution is 5.99. The first-order chi connectivity index (χ1) is 12.7. The van der Waals surface area contributed by atoms with Gasteiger partial charge in [-0.2, -0.15) is 5.10 Å². The Morgan fingerprint density at radius 1 is 1.31 bits per heavy atom. The van der Waals surface area contributed by atoms with Gasteiger partial charge in [-0.25, -0.2) is 4.98 Å². The molecule has 0 amide bonds. The fourth-order valence-electron chi connectivity index (χ4n) is 3.09. The second kappa shape index (κ2) is 7.27. The molecule has 1 saturated heterocycles. The van der Waals surface area contributed by atoms with Crippen molar-refractivity contribution in [1.82, 2.24) is 20.2 Å². The van der Waals surface area contributed by atoms with E-state index in [1.54, 1.807) is 12.4 Å². The van der Waals surface area contributed by atoms with E-state index in [2.05, 4.69) is 31.5 Å². The molecule has 0 aliphatic carbocycles. The number of pyridine rings is 2. The van der Waals surface area contributed by atoms with Crippen molar-refractivity contribution in [1.29, 1.82) is 0 Å². The van der Waals surface area contributed by atoms with Crippen LogP contribution in [-0.2, 0) is 4.74 Å². The fourth-order valence-corrected chi connectivity index (χ4v) is 3.09. The van der Waals surface area contributed by atoms with Crippen LogP contribution in [0.15, 0.2) is 30.6 Å². The number of morpholine rings is 1. The summed E-state index contributed by atoms with van der Waals surface area (Å²) in [5, 5.41) is 11.5. The van der Waals surface area contributed by atoms with Crippen molar-refractivity contribution < 1.29 is 4.74 Å². The Kier molecular flexibility index (Phi) is 4.68. The highest BCUT2D eigenvalue weighted by Gasteiger charge is 2.18. The molecular weight excluding hydrogens is 330 g/mol. The molecule has 4 N–H and O–H groups in total. The summed E-state index contributed by atoms with van der Waals surface area (Å²) in [4.78, 5) is 11.7. The van der Waals surface area contributed by atoms with E-state index in [4.69, 9.17) is 15.5 Å². The third-order valence-electron chi connectivity index (χ3n) is 4.42. The monoisotopic (exact) mass is 353 g/mol. The number of hydrogen-bond acceptors (Lipinski definition) is 7. The molecule has 26 heavy (non-hydrogen) atoms. The van der Waals surface area contributed by atoms with Crippen LogP contribution in [-0.4, -0.2) is 59.1 Å². The predicted octanol–water partition coefficient (Wildman–Crippen LogP) is 1.62. The first kappa shape index (κ1) is 16.7.